The van der Waals surface area contributed by atoms with E-state index in [9.17, 15) is 47.9 Å². The minimum absolute atomic E-state index is 0.00756. The zero-order chi connectivity index (χ0) is 30.5. The van der Waals surface area contributed by atoms with Gasteiger partial charge in [-0.25, -0.2) is 4.79 Å². The van der Waals surface area contributed by atoms with E-state index in [4.69, 9.17) is 9.47 Å². The fourth-order valence-electron chi connectivity index (χ4n) is 4.11. The van der Waals surface area contributed by atoms with E-state index >= 15 is 0 Å². The van der Waals surface area contributed by atoms with Crippen molar-refractivity contribution in [2.45, 2.75) is 57.6 Å². The molecule has 4 atom stereocenters. The van der Waals surface area contributed by atoms with Gasteiger partial charge in [0.05, 0.1) is 48.0 Å². The van der Waals surface area contributed by atoms with Gasteiger partial charge in [-0.15, -0.1) is 0 Å². The van der Waals surface area contributed by atoms with Gasteiger partial charge in [0.15, 0.2) is 0 Å². The second-order valence-corrected chi connectivity index (χ2v) is 9.42. The zero-order valence-corrected chi connectivity index (χ0v) is 21.8. The Hall–Kier alpha value is -4.04. The van der Waals surface area contributed by atoms with Gasteiger partial charge in [0.2, 0.25) is 0 Å². The number of aliphatic hydroxyl groups is 2. The largest absolute Gasteiger partial charge is 0.471 e. The van der Waals surface area contributed by atoms with E-state index in [0.29, 0.717) is 0 Å². The van der Waals surface area contributed by atoms with E-state index in [-0.39, 0.29) is 35.6 Å². The molecule has 0 spiro atoms. The lowest BCUT2D eigenvalue weighted by Gasteiger charge is -2.22. The Morgan fingerprint density at radius 1 is 1.37 bits per heavy atom. The third-order valence-electron chi connectivity index (χ3n) is 6.12. The van der Waals surface area contributed by atoms with Crippen molar-refractivity contribution in [3.63, 3.8) is 0 Å². The lowest BCUT2D eigenvalue weighted by Crippen LogP contribution is -2.36. The summed E-state index contributed by atoms with van der Waals surface area (Å²) in [6.45, 7) is 1.97. The van der Waals surface area contributed by atoms with Crippen LogP contribution in [0.15, 0.2) is 34.0 Å². The standard InChI is InChI=1S/C25H27F3N4O9/c1-13(2)21(16-6-5-14(8-17(16)32(38)39)4-3-7-29-23(36)25(26,27)28)40-12-15-10-31(24(37)30-22(15)35)20-9-18(34)19(11-33)41-20/h5-6,8,10,13,18-21,33-34H,7,9,11-12H2,1-2H3,(H,29,36)(H,30,35,37)/t18-,19+,20+,21?/m0/s1. The summed E-state index contributed by atoms with van der Waals surface area (Å²) in [5, 5.41) is 32.7. The summed E-state index contributed by atoms with van der Waals surface area (Å²) < 4.78 is 49.2. The highest BCUT2D eigenvalue weighted by molar-refractivity contribution is 5.81. The van der Waals surface area contributed by atoms with Crippen LogP contribution in [-0.4, -0.2) is 62.1 Å². The number of rotatable bonds is 9. The second kappa shape index (κ2) is 13.1. The maximum atomic E-state index is 12.5. The predicted molar refractivity (Wildman–Crippen MR) is 134 cm³/mol. The third kappa shape index (κ3) is 7.79. The molecule has 2 heterocycles. The van der Waals surface area contributed by atoms with Crippen LogP contribution in [0.25, 0.3) is 0 Å². The number of nitrogens with one attached hydrogen (secondary N) is 2. The molecule has 1 saturated heterocycles. The van der Waals surface area contributed by atoms with Gasteiger partial charge in [0.1, 0.15) is 12.3 Å². The number of aliphatic hydroxyl groups excluding tert-OH is 2. The van der Waals surface area contributed by atoms with E-state index in [1.165, 1.54) is 18.3 Å². The number of hydrogen-bond donors (Lipinski definition) is 4. The molecule has 0 saturated carbocycles. The average molecular weight is 585 g/mol. The van der Waals surface area contributed by atoms with Gasteiger partial charge < -0.3 is 25.0 Å². The highest BCUT2D eigenvalue weighted by Crippen LogP contribution is 2.34. The van der Waals surface area contributed by atoms with Crippen LogP contribution in [0.5, 0.6) is 0 Å². The molecule has 3 rings (SSSR count). The Kier molecular flexibility index (Phi) is 10.0. The molecule has 41 heavy (non-hydrogen) atoms. The number of hydrogen-bond acceptors (Lipinski definition) is 9. The van der Waals surface area contributed by atoms with Gasteiger partial charge in [0, 0.05) is 24.2 Å². The first-order chi connectivity index (χ1) is 19.2. The molecule has 1 fully saturated rings. The Morgan fingerprint density at radius 3 is 2.66 bits per heavy atom. The summed E-state index contributed by atoms with van der Waals surface area (Å²) in [5.74, 6) is 2.25. The van der Waals surface area contributed by atoms with Crippen LogP contribution in [0.4, 0.5) is 18.9 Å². The maximum absolute atomic E-state index is 12.5. The SMILES string of the molecule is CC(C)C(OCc1cn([C@H]2C[C@H](O)[C@@H](CO)O2)c(=O)[nH]c1=O)c1ccc(C#CCNC(=O)C(F)(F)F)cc1[N+](=O)[O-]. The van der Waals surface area contributed by atoms with E-state index in [2.05, 4.69) is 16.8 Å². The normalized spacial score (nSPS) is 19.5. The summed E-state index contributed by atoms with van der Waals surface area (Å²) >= 11 is 0. The first kappa shape index (κ1) is 31.5. The fourth-order valence-corrected chi connectivity index (χ4v) is 4.11. The summed E-state index contributed by atoms with van der Waals surface area (Å²) in [7, 11) is 0. The minimum Gasteiger partial charge on any atom is -0.394 e. The molecule has 13 nitrogen and oxygen atoms in total. The van der Waals surface area contributed by atoms with E-state index in [0.717, 1.165) is 10.6 Å². The molecule has 222 valence electrons. The smallest absolute Gasteiger partial charge is 0.394 e. The Morgan fingerprint density at radius 2 is 2.07 bits per heavy atom. The van der Waals surface area contributed by atoms with Crippen molar-refractivity contribution in [2.24, 2.45) is 5.92 Å². The molecule has 0 radical (unpaired) electrons. The number of ether oxygens (including phenoxy) is 2. The van der Waals surface area contributed by atoms with Gasteiger partial charge in [-0.1, -0.05) is 25.7 Å². The number of alkyl halides is 3. The van der Waals surface area contributed by atoms with Crippen molar-refractivity contribution >= 4 is 11.6 Å². The number of carbonyl (C=O) groups excluding carboxylic acids is 1. The van der Waals surface area contributed by atoms with Crippen LogP contribution >= 0.6 is 0 Å². The number of carbonyl (C=O) groups is 1. The molecule has 1 amide bonds. The first-order valence-electron chi connectivity index (χ1n) is 12.3. The van der Waals surface area contributed by atoms with Crippen molar-refractivity contribution < 1.29 is 42.6 Å². The molecule has 0 bridgehead atoms. The molecule has 1 aliphatic heterocycles. The Balaban J connectivity index is 1.82. The Bertz CT molecular complexity index is 1460. The third-order valence-corrected chi connectivity index (χ3v) is 6.12. The fraction of sp³-hybridized carbons (Fsp3) is 0.480. The lowest BCUT2D eigenvalue weighted by atomic mass is 9.96. The van der Waals surface area contributed by atoms with Crippen molar-refractivity contribution in [3.8, 4) is 11.8 Å². The molecule has 1 aliphatic rings. The lowest BCUT2D eigenvalue weighted by molar-refractivity contribution is -0.386. The van der Waals surface area contributed by atoms with Crippen LogP contribution in [0, 0.1) is 27.9 Å². The highest BCUT2D eigenvalue weighted by atomic mass is 19.4. The Labute approximate surface area is 230 Å². The first-order valence-corrected chi connectivity index (χ1v) is 12.3. The summed E-state index contributed by atoms with van der Waals surface area (Å²) in [6, 6.07) is 3.88. The summed E-state index contributed by atoms with van der Waals surface area (Å²) in [5.41, 5.74) is -1.72. The van der Waals surface area contributed by atoms with Crippen molar-refractivity contribution in [1.82, 2.24) is 14.9 Å². The number of aromatic amines is 1. The number of benzene rings is 1. The van der Waals surface area contributed by atoms with Gasteiger partial charge in [-0.3, -0.25) is 29.3 Å². The van der Waals surface area contributed by atoms with Crippen molar-refractivity contribution in [1.29, 1.82) is 0 Å². The number of nitro groups is 1. The van der Waals surface area contributed by atoms with Gasteiger partial charge in [0.25, 0.3) is 11.2 Å². The van der Waals surface area contributed by atoms with Crippen LogP contribution in [0.2, 0.25) is 0 Å². The van der Waals surface area contributed by atoms with Crippen LogP contribution in [-0.2, 0) is 20.9 Å². The molecular formula is C25H27F3N4O9. The number of nitrogens with zero attached hydrogens (tertiary/aromatic N) is 2. The zero-order valence-electron chi connectivity index (χ0n) is 21.8. The van der Waals surface area contributed by atoms with Crippen molar-refractivity contribution in [2.75, 3.05) is 13.2 Å². The minimum atomic E-state index is -5.06. The molecule has 0 aliphatic carbocycles. The number of amides is 1. The van der Waals surface area contributed by atoms with Crippen LogP contribution in [0.1, 0.15) is 49.3 Å². The maximum Gasteiger partial charge on any atom is 0.471 e. The number of H-pyrrole nitrogens is 1. The molecule has 16 heteroatoms. The predicted octanol–water partition coefficient (Wildman–Crippen LogP) is 1.03. The van der Waals surface area contributed by atoms with Gasteiger partial charge >= 0.3 is 17.8 Å². The molecule has 4 N–H and O–H groups in total. The summed E-state index contributed by atoms with van der Waals surface area (Å²) in [4.78, 5) is 49.0. The monoisotopic (exact) mass is 584 g/mol. The van der Waals surface area contributed by atoms with Crippen molar-refractivity contribution in [3.05, 3.63) is 72.0 Å². The topological polar surface area (TPSA) is 186 Å². The molecule has 2 aromatic rings. The number of nitro benzene ring substituents is 1. The second-order valence-electron chi connectivity index (χ2n) is 9.42. The quantitative estimate of drug-likeness (QED) is 0.190. The molecular weight excluding hydrogens is 557 g/mol. The van der Waals surface area contributed by atoms with Crippen LogP contribution in [0.3, 0.4) is 0 Å². The number of halogens is 3. The van der Waals surface area contributed by atoms with E-state index in [1.807, 2.05) is 0 Å². The molecule has 1 aromatic heterocycles. The van der Waals surface area contributed by atoms with Gasteiger partial charge in [-0.05, 0) is 18.1 Å². The number of aromatic nitrogens is 2. The highest BCUT2D eigenvalue weighted by Gasteiger charge is 2.38. The van der Waals surface area contributed by atoms with E-state index < -0.39 is 71.6 Å². The average Bonchev–Trinajstić information content (AvgIpc) is 3.27. The molecule has 1 unspecified atom stereocenters. The molecule has 1 aromatic carbocycles. The van der Waals surface area contributed by atoms with Gasteiger partial charge in [-0.2, -0.15) is 13.2 Å². The van der Waals surface area contributed by atoms with E-state index in [1.54, 1.807) is 19.2 Å². The summed E-state index contributed by atoms with van der Waals surface area (Å²) in [6.07, 6.45) is -7.68. The van der Waals surface area contributed by atoms with Crippen LogP contribution < -0.4 is 16.6 Å².